The number of nitrogens with one attached hydrogen (secondary N) is 1. The molecule has 0 amide bonds. The number of methoxy groups -OCH3 is 1. The number of nitriles is 1. The number of esters is 1. The van der Waals surface area contributed by atoms with E-state index in [0.717, 1.165) is 30.4 Å². The summed E-state index contributed by atoms with van der Waals surface area (Å²) in [5, 5.41) is 12.8. The van der Waals surface area contributed by atoms with Crippen LogP contribution in [-0.2, 0) is 22.4 Å². The normalized spacial score (nSPS) is 11.7. The first-order valence-corrected chi connectivity index (χ1v) is 14.6. The molecule has 224 valence electrons. The van der Waals surface area contributed by atoms with Crippen molar-refractivity contribution >= 4 is 40.2 Å². The third-order valence-corrected chi connectivity index (χ3v) is 7.48. The van der Waals surface area contributed by atoms with Gasteiger partial charge in [-0.05, 0) is 61.4 Å². The van der Waals surface area contributed by atoms with Gasteiger partial charge in [-0.1, -0.05) is 49.2 Å². The number of ether oxygens (including phenoxy) is 1. The number of unbranched alkanes of at least 4 members (excludes halogenated alkanes) is 2. The van der Waals surface area contributed by atoms with Gasteiger partial charge in [-0.2, -0.15) is 15.2 Å². The van der Waals surface area contributed by atoms with E-state index in [-0.39, 0.29) is 34.0 Å². The van der Waals surface area contributed by atoms with E-state index < -0.39 is 6.04 Å². The number of carbonyl (C=O) groups is 1. The highest BCUT2D eigenvalue weighted by atomic mass is 35.5. The molecule has 0 saturated heterocycles. The number of nitrogens with two attached hydrogens (primary N) is 2. The number of hydrogen-bond donors (Lipinski definition) is 3. The molecule has 0 bridgehead atoms. The molecule has 0 radical (unpaired) electrons. The Morgan fingerprint density at radius 2 is 1.93 bits per heavy atom. The maximum atomic E-state index is 14.2. The lowest BCUT2D eigenvalue weighted by Gasteiger charge is -2.19. The van der Waals surface area contributed by atoms with Gasteiger partial charge in [-0.15, -0.1) is 0 Å². The molecule has 0 aliphatic carbocycles. The van der Waals surface area contributed by atoms with E-state index in [4.69, 9.17) is 38.1 Å². The molecular weight excluding hydrogens is 568 g/mol. The van der Waals surface area contributed by atoms with Gasteiger partial charge in [-0.3, -0.25) is 14.2 Å². The van der Waals surface area contributed by atoms with Crippen LogP contribution < -0.4 is 22.3 Å². The van der Waals surface area contributed by atoms with Gasteiger partial charge in [-0.25, -0.2) is 4.98 Å². The van der Waals surface area contributed by atoms with Crippen molar-refractivity contribution in [1.82, 2.24) is 19.5 Å². The number of rotatable bonds is 13. The highest BCUT2D eigenvalue weighted by Crippen LogP contribution is 2.23. The summed E-state index contributed by atoms with van der Waals surface area (Å²) in [6.45, 7) is 2.42. The lowest BCUT2D eigenvalue weighted by atomic mass is 10.0. The zero-order valence-electron chi connectivity index (χ0n) is 24.3. The van der Waals surface area contributed by atoms with E-state index in [1.807, 2.05) is 55.5 Å². The molecule has 0 saturated carbocycles. The number of carbonyl (C=O) groups excluding carboxylic acids is 1. The highest BCUT2D eigenvalue weighted by molar-refractivity contribution is 6.31. The number of anilines is 2. The Balaban J connectivity index is 1.61. The third kappa shape index (κ3) is 7.46. The molecule has 4 rings (SSSR count). The van der Waals surface area contributed by atoms with E-state index in [1.165, 1.54) is 7.11 Å². The van der Waals surface area contributed by atoms with Crippen molar-refractivity contribution in [1.29, 1.82) is 5.26 Å². The minimum atomic E-state index is -0.437. The van der Waals surface area contributed by atoms with Crippen LogP contribution in [0.5, 0.6) is 0 Å². The summed E-state index contributed by atoms with van der Waals surface area (Å²) in [6, 6.07) is 14.8. The molecule has 11 nitrogen and oxygen atoms in total. The molecule has 0 aliphatic heterocycles. The van der Waals surface area contributed by atoms with Crippen LogP contribution in [0.2, 0.25) is 5.15 Å². The van der Waals surface area contributed by atoms with Crippen LogP contribution in [0.3, 0.4) is 0 Å². The Hall–Kier alpha value is -4.53. The molecule has 0 aliphatic rings. The Bertz CT molecular complexity index is 1690. The molecule has 0 unspecified atom stereocenters. The summed E-state index contributed by atoms with van der Waals surface area (Å²) in [5.74, 6) is 0.519. The average molecular weight is 603 g/mol. The number of halogens is 1. The fourth-order valence-corrected chi connectivity index (χ4v) is 5.09. The Labute approximate surface area is 254 Å². The van der Waals surface area contributed by atoms with Gasteiger partial charge < -0.3 is 21.5 Å². The lowest BCUT2D eigenvalue weighted by Crippen LogP contribution is -2.29. The average Bonchev–Trinajstić information content (AvgIpc) is 3.00. The zero-order chi connectivity index (χ0) is 30.9. The second-order valence-corrected chi connectivity index (χ2v) is 10.5. The predicted octanol–water partition coefficient (Wildman–Crippen LogP) is 4.62. The minimum Gasteiger partial charge on any atom is -0.469 e. The molecule has 2 heterocycles. The fraction of sp³-hybridized carbons (Fsp3) is 0.355. The molecule has 4 aromatic rings. The first kappa shape index (κ1) is 31.4. The van der Waals surface area contributed by atoms with E-state index in [9.17, 15) is 9.59 Å². The van der Waals surface area contributed by atoms with Gasteiger partial charge in [0.05, 0.1) is 29.7 Å². The molecular formula is C31H35ClN8O3. The summed E-state index contributed by atoms with van der Waals surface area (Å²) in [7, 11) is 1.39. The van der Waals surface area contributed by atoms with Gasteiger partial charge in [0.1, 0.15) is 23.3 Å². The molecule has 12 heteroatoms. The van der Waals surface area contributed by atoms with E-state index in [1.54, 1.807) is 4.57 Å². The zero-order valence-corrected chi connectivity index (χ0v) is 25.0. The second-order valence-electron chi connectivity index (χ2n) is 10.1. The quantitative estimate of drug-likeness (QED) is 0.111. The number of aryl methyl sites for hydroxylation is 1. The summed E-state index contributed by atoms with van der Waals surface area (Å²) < 4.78 is 6.34. The predicted molar refractivity (Wildman–Crippen MR) is 167 cm³/mol. The van der Waals surface area contributed by atoms with Gasteiger partial charge in [0.15, 0.2) is 5.15 Å². The number of nitrogens with zero attached hydrogens (tertiary/aromatic N) is 5. The monoisotopic (exact) mass is 602 g/mol. The fourth-order valence-electron chi connectivity index (χ4n) is 4.87. The van der Waals surface area contributed by atoms with Crippen LogP contribution in [0.4, 0.5) is 11.8 Å². The SMILES string of the molecule is CC[C@H](N)c1nc2cccc(CCCCCC(=O)OC)c2c(=O)n1-c1cccc(CCNc2nc(N)c(C#N)c(Cl)n2)c1. The topological polar surface area (TPSA) is 175 Å². The van der Waals surface area contributed by atoms with Crippen molar-refractivity contribution < 1.29 is 9.53 Å². The van der Waals surface area contributed by atoms with E-state index in [0.29, 0.717) is 54.6 Å². The number of benzene rings is 2. The lowest BCUT2D eigenvalue weighted by molar-refractivity contribution is -0.140. The molecule has 5 N–H and O–H groups in total. The molecule has 43 heavy (non-hydrogen) atoms. The molecule has 0 spiro atoms. The third-order valence-electron chi connectivity index (χ3n) is 7.21. The summed E-state index contributed by atoms with van der Waals surface area (Å²) in [4.78, 5) is 38.7. The summed E-state index contributed by atoms with van der Waals surface area (Å²) in [5.41, 5.74) is 15.3. The van der Waals surface area contributed by atoms with Crippen LogP contribution in [0, 0.1) is 11.3 Å². The van der Waals surface area contributed by atoms with Crippen molar-refractivity contribution in [2.24, 2.45) is 5.73 Å². The van der Waals surface area contributed by atoms with Crippen LogP contribution in [0.15, 0.2) is 47.3 Å². The van der Waals surface area contributed by atoms with E-state index in [2.05, 4.69) is 15.3 Å². The van der Waals surface area contributed by atoms with Crippen molar-refractivity contribution in [2.75, 3.05) is 24.7 Å². The molecule has 2 aromatic carbocycles. The summed E-state index contributed by atoms with van der Waals surface area (Å²) in [6.07, 6.45) is 4.66. The van der Waals surface area contributed by atoms with Gasteiger partial charge in [0.25, 0.3) is 5.56 Å². The summed E-state index contributed by atoms with van der Waals surface area (Å²) >= 11 is 6.04. The first-order valence-electron chi connectivity index (χ1n) is 14.2. The maximum Gasteiger partial charge on any atom is 0.305 e. The van der Waals surface area contributed by atoms with Gasteiger partial charge >= 0.3 is 5.97 Å². The second kappa shape index (κ2) is 14.6. The van der Waals surface area contributed by atoms with Crippen LogP contribution in [0.25, 0.3) is 16.6 Å². The number of fused-ring (bicyclic) bond motifs is 1. The highest BCUT2D eigenvalue weighted by Gasteiger charge is 2.19. The Morgan fingerprint density at radius 3 is 2.65 bits per heavy atom. The number of nitrogen functional groups attached to an aromatic ring is 1. The number of aromatic nitrogens is 4. The van der Waals surface area contributed by atoms with Gasteiger partial charge in [0, 0.05) is 13.0 Å². The van der Waals surface area contributed by atoms with Crippen molar-refractivity contribution in [3.8, 4) is 11.8 Å². The molecule has 2 aromatic heterocycles. The first-order chi connectivity index (χ1) is 20.8. The van der Waals surface area contributed by atoms with Crippen molar-refractivity contribution in [3.63, 3.8) is 0 Å². The standard InChI is InChI=1S/C31H35ClN8O3/c1-3-23(34)29-37-24-13-8-11-20(10-5-4-6-14-25(41)43-2)26(24)30(42)40(29)21-12-7-9-19(17-21)15-16-36-31-38-27(32)22(18-33)28(35)39-31/h7-9,11-13,17,23H,3-6,10,14-16,34H2,1-2H3,(H3,35,36,38,39)/t23-/m0/s1. The van der Waals surface area contributed by atoms with Crippen LogP contribution >= 0.6 is 11.6 Å². The Morgan fingerprint density at radius 1 is 1.14 bits per heavy atom. The van der Waals surface area contributed by atoms with Crippen molar-refractivity contribution in [2.45, 2.75) is 57.9 Å². The minimum absolute atomic E-state index is 0.00975. The molecule has 1 atom stereocenters. The van der Waals surface area contributed by atoms with Crippen molar-refractivity contribution in [3.05, 3.63) is 80.5 Å². The molecule has 0 fully saturated rings. The largest absolute Gasteiger partial charge is 0.469 e. The van der Waals surface area contributed by atoms with Crippen LogP contribution in [-0.4, -0.2) is 39.1 Å². The smallest absolute Gasteiger partial charge is 0.305 e. The van der Waals surface area contributed by atoms with E-state index >= 15 is 0 Å². The van der Waals surface area contributed by atoms with Crippen LogP contribution in [0.1, 0.15) is 67.6 Å². The Kier molecular flexibility index (Phi) is 10.6. The van der Waals surface area contributed by atoms with Gasteiger partial charge in [0.2, 0.25) is 5.95 Å². The number of hydrogen-bond acceptors (Lipinski definition) is 10. The maximum absolute atomic E-state index is 14.2.